The van der Waals surface area contributed by atoms with Gasteiger partial charge in [0, 0.05) is 45.0 Å². The minimum Gasteiger partial charge on any atom is -0.356 e. The molecular formula is C18H28N4O2. The lowest BCUT2D eigenvalue weighted by atomic mass is 9.96. The van der Waals surface area contributed by atoms with Gasteiger partial charge in [-0.1, -0.05) is 6.07 Å². The molecule has 2 amide bonds. The molecule has 2 heterocycles. The van der Waals surface area contributed by atoms with Gasteiger partial charge in [-0.25, -0.2) is 0 Å². The lowest BCUT2D eigenvalue weighted by Crippen LogP contribution is -2.47. The number of nitrogens with one attached hydrogen (secondary N) is 1. The molecule has 132 valence electrons. The van der Waals surface area contributed by atoms with E-state index in [1.54, 1.807) is 6.20 Å². The van der Waals surface area contributed by atoms with Crippen LogP contribution in [0.15, 0.2) is 24.5 Å². The summed E-state index contributed by atoms with van der Waals surface area (Å²) in [7, 11) is 3.97. The molecule has 6 nitrogen and oxygen atoms in total. The molecule has 0 radical (unpaired) electrons. The summed E-state index contributed by atoms with van der Waals surface area (Å²) in [6.45, 7) is 2.72. The molecule has 1 atom stereocenters. The van der Waals surface area contributed by atoms with Gasteiger partial charge in [0.1, 0.15) is 0 Å². The first kappa shape index (κ1) is 18.4. The SMILES string of the molecule is CN(C)CCN1CC(C(=O)NCCCc2cccnc2)CCC1=O. The van der Waals surface area contributed by atoms with Crippen molar-refractivity contribution in [3.05, 3.63) is 30.1 Å². The number of aromatic nitrogens is 1. The Morgan fingerprint density at radius 3 is 3.00 bits per heavy atom. The molecule has 0 bridgehead atoms. The van der Waals surface area contributed by atoms with Crippen LogP contribution in [-0.4, -0.2) is 66.9 Å². The van der Waals surface area contributed by atoms with Crippen LogP contribution in [-0.2, 0) is 16.0 Å². The molecule has 1 saturated heterocycles. The highest BCUT2D eigenvalue weighted by molar-refractivity contribution is 5.83. The first-order valence-electron chi connectivity index (χ1n) is 8.65. The van der Waals surface area contributed by atoms with Gasteiger partial charge in [0.2, 0.25) is 11.8 Å². The first-order valence-corrected chi connectivity index (χ1v) is 8.65. The number of carbonyl (C=O) groups is 2. The van der Waals surface area contributed by atoms with Gasteiger partial charge in [-0.05, 0) is 45.0 Å². The van der Waals surface area contributed by atoms with Gasteiger partial charge < -0.3 is 15.1 Å². The summed E-state index contributed by atoms with van der Waals surface area (Å²) in [4.78, 5) is 32.3. The van der Waals surface area contributed by atoms with E-state index < -0.39 is 0 Å². The maximum atomic E-state index is 12.3. The fourth-order valence-corrected chi connectivity index (χ4v) is 2.86. The molecule has 1 unspecified atom stereocenters. The van der Waals surface area contributed by atoms with Crippen LogP contribution < -0.4 is 5.32 Å². The van der Waals surface area contributed by atoms with Crippen LogP contribution in [0.3, 0.4) is 0 Å². The number of likely N-dealkylation sites (N-methyl/N-ethyl adjacent to an activating group) is 1. The molecule has 6 heteroatoms. The Bertz CT molecular complexity index is 533. The second-order valence-corrected chi connectivity index (χ2v) is 6.63. The number of carbonyl (C=O) groups excluding carboxylic acids is 2. The van der Waals surface area contributed by atoms with E-state index in [9.17, 15) is 9.59 Å². The van der Waals surface area contributed by atoms with Crippen molar-refractivity contribution < 1.29 is 9.59 Å². The fourth-order valence-electron chi connectivity index (χ4n) is 2.86. The van der Waals surface area contributed by atoms with Crippen LogP contribution in [0.2, 0.25) is 0 Å². The standard InChI is InChI=1S/C18H28N4O2/c1-21(2)11-12-22-14-16(7-8-17(22)23)18(24)20-10-4-6-15-5-3-9-19-13-15/h3,5,9,13,16H,4,6-8,10-12,14H2,1-2H3,(H,20,24). The van der Waals surface area contributed by atoms with E-state index >= 15 is 0 Å². The summed E-state index contributed by atoms with van der Waals surface area (Å²) < 4.78 is 0. The number of amides is 2. The Hall–Kier alpha value is -1.95. The van der Waals surface area contributed by atoms with Crippen molar-refractivity contribution in [2.24, 2.45) is 5.92 Å². The Balaban J connectivity index is 1.70. The largest absolute Gasteiger partial charge is 0.356 e. The number of nitrogens with zero attached hydrogens (tertiary/aromatic N) is 3. The summed E-state index contributed by atoms with van der Waals surface area (Å²) in [6.07, 6.45) is 6.56. The predicted molar refractivity (Wildman–Crippen MR) is 93.4 cm³/mol. The number of aryl methyl sites for hydroxylation is 1. The van der Waals surface area contributed by atoms with Crippen molar-refractivity contribution in [3.63, 3.8) is 0 Å². The third-order valence-corrected chi connectivity index (χ3v) is 4.35. The second kappa shape index (κ2) is 9.37. The Labute approximate surface area is 144 Å². The highest BCUT2D eigenvalue weighted by atomic mass is 16.2. The molecule has 1 N–H and O–H groups in total. The Morgan fingerprint density at radius 2 is 2.29 bits per heavy atom. The maximum Gasteiger partial charge on any atom is 0.224 e. The van der Waals surface area contributed by atoms with E-state index in [0.717, 1.165) is 19.4 Å². The first-order chi connectivity index (χ1) is 11.6. The van der Waals surface area contributed by atoms with Gasteiger partial charge in [0.05, 0.1) is 5.92 Å². The summed E-state index contributed by atoms with van der Waals surface area (Å²) in [5.74, 6) is 0.157. The molecule has 0 spiro atoms. The van der Waals surface area contributed by atoms with E-state index in [4.69, 9.17) is 0 Å². The number of hydrogen-bond acceptors (Lipinski definition) is 4. The Morgan fingerprint density at radius 1 is 1.46 bits per heavy atom. The molecule has 1 aromatic rings. The fraction of sp³-hybridized carbons (Fsp3) is 0.611. The lowest BCUT2D eigenvalue weighted by molar-refractivity contribution is -0.138. The van der Waals surface area contributed by atoms with Crippen molar-refractivity contribution in [2.45, 2.75) is 25.7 Å². The number of pyridine rings is 1. The van der Waals surface area contributed by atoms with Crippen LogP contribution in [0.5, 0.6) is 0 Å². The summed E-state index contributed by atoms with van der Waals surface area (Å²) in [6, 6.07) is 3.97. The molecule has 0 aliphatic carbocycles. The van der Waals surface area contributed by atoms with Crippen molar-refractivity contribution >= 4 is 11.8 Å². The summed E-state index contributed by atoms with van der Waals surface area (Å²) >= 11 is 0. The monoisotopic (exact) mass is 332 g/mol. The molecule has 24 heavy (non-hydrogen) atoms. The van der Waals surface area contributed by atoms with E-state index in [-0.39, 0.29) is 17.7 Å². The highest BCUT2D eigenvalue weighted by Crippen LogP contribution is 2.17. The van der Waals surface area contributed by atoms with E-state index in [1.165, 1.54) is 5.56 Å². The molecule has 1 aliphatic heterocycles. The van der Waals surface area contributed by atoms with Crippen LogP contribution in [0.25, 0.3) is 0 Å². The number of likely N-dealkylation sites (tertiary alicyclic amines) is 1. The normalized spacial score (nSPS) is 18.0. The third kappa shape index (κ3) is 5.92. The van der Waals surface area contributed by atoms with E-state index in [1.807, 2.05) is 37.3 Å². The zero-order chi connectivity index (χ0) is 17.4. The van der Waals surface area contributed by atoms with Gasteiger partial charge in [-0.3, -0.25) is 14.6 Å². The topological polar surface area (TPSA) is 65.5 Å². The Kier molecular flexibility index (Phi) is 7.18. The average molecular weight is 332 g/mol. The van der Waals surface area contributed by atoms with Crippen molar-refractivity contribution in [3.8, 4) is 0 Å². The second-order valence-electron chi connectivity index (χ2n) is 6.63. The maximum absolute atomic E-state index is 12.3. The summed E-state index contributed by atoms with van der Waals surface area (Å²) in [5, 5.41) is 3.02. The van der Waals surface area contributed by atoms with Gasteiger partial charge >= 0.3 is 0 Å². The highest BCUT2D eigenvalue weighted by Gasteiger charge is 2.29. The minimum absolute atomic E-state index is 0.0727. The van der Waals surface area contributed by atoms with Crippen LogP contribution in [0.1, 0.15) is 24.8 Å². The molecule has 1 aromatic heterocycles. The van der Waals surface area contributed by atoms with Crippen LogP contribution >= 0.6 is 0 Å². The predicted octanol–water partition coefficient (Wildman–Crippen LogP) is 0.931. The van der Waals surface area contributed by atoms with Crippen LogP contribution in [0, 0.1) is 5.92 Å². The summed E-state index contributed by atoms with van der Waals surface area (Å²) in [5.41, 5.74) is 1.19. The molecule has 0 aromatic carbocycles. The number of rotatable bonds is 8. The van der Waals surface area contributed by atoms with E-state index in [0.29, 0.717) is 32.5 Å². The zero-order valence-corrected chi connectivity index (χ0v) is 14.7. The van der Waals surface area contributed by atoms with Crippen molar-refractivity contribution in [1.29, 1.82) is 0 Å². The van der Waals surface area contributed by atoms with Crippen molar-refractivity contribution in [1.82, 2.24) is 20.1 Å². The van der Waals surface area contributed by atoms with Crippen LogP contribution in [0.4, 0.5) is 0 Å². The lowest BCUT2D eigenvalue weighted by Gasteiger charge is -2.32. The number of hydrogen-bond donors (Lipinski definition) is 1. The minimum atomic E-state index is -0.0803. The molecule has 1 fully saturated rings. The average Bonchev–Trinajstić information content (AvgIpc) is 2.58. The molecule has 0 saturated carbocycles. The van der Waals surface area contributed by atoms with Crippen molar-refractivity contribution in [2.75, 3.05) is 40.3 Å². The number of piperidine rings is 1. The zero-order valence-electron chi connectivity index (χ0n) is 14.7. The van der Waals surface area contributed by atoms with Gasteiger partial charge in [-0.2, -0.15) is 0 Å². The van der Waals surface area contributed by atoms with Gasteiger partial charge in [0.15, 0.2) is 0 Å². The molecule has 2 rings (SSSR count). The third-order valence-electron chi connectivity index (χ3n) is 4.35. The molecule has 1 aliphatic rings. The molecular weight excluding hydrogens is 304 g/mol. The van der Waals surface area contributed by atoms with Gasteiger partial charge in [0.25, 0.3) is 0 Å². The van der Waals surface area contributed by atoms with E-state index in [2.05, 4.69) is 15.2 Å². The quantitative estimate of drug-likeness (QED) is 0.719. The smallest absolute Gasteiger partial charge is 0.224 e. The van der Waals surface area contributed by atoms with Gasteiger partial charge in [-0.15, -0.1) is 0 Å².